The molecule has 0 unspecified atom stereocenters. The van der Waals surface area contributed by atoms with Gasteiger partial charge in [-0.1, -0.05) is 0 Å². The van der Waals surface area contributed by atoms with Gasteiger partial charge in [-0.15, -0.1) is 11.3 Å². The van der Waals surface area contributed by atoms with E-state index in [-0.39, 0.29) is 17.4 Å². The standard InChI is InChI=1S/C17H15N3O3S/c1-10(21)18-12-3-5-13(6-4-12)19-17-20-14(9-24-17)11-2-7-15(22)16(23)8-11/h2-9,22-23H,1H3,(H,18,21)(H,19,20). The van der Waals surface area contributed by atoms with Gasteiger partial charge in [-0.2, -0.15) is 0 Å². The molecule has 0 spiro atoms. The lowest BCUT2D eigenvalue weighted by molar-refractivity contribution is -0.114. The molecule has 3 aromatic rings. The van der Waals surface area contributed by atoms with Gasteiger partial charge in [0.2, 0.25) is 5.91 Å². The second-order valence-electron chi connectivity index (χ2n) is 5.12. The molecule has 1 amide bonds. The molecule has 2 aromatic carbocycles. The Hall–Kier alpha value is -3.06. The molecule has 1 aromatic heterocycles. The normalized spacial score (nSPS) is 10.4. The lowest BCUT2D eigenvalue weighted by Crippen LogP contribution is -2.05. The van der Waals surface area contributed by atoms with Crippen molar-refractivity contribution < 1.29 is 15.0 Å². The van der Waals surface area contributed by atoms with E-state index in [2.05, 4.69) is 15.6 Å². The fourth-order valence-electron chi connectivity index (χ4n) is 2.11. The Labute approximate surface area is 142 Å². The van der Waals surface area contributed by atoms with Crippen LogP contribution in [0.4, 0.5) is 16.5 Å². The monoisotopic (exact) mass is 341 g/mol. The number of nitrogens with one attached hydrogen (secondary N) is 2. The van der Waals surface area contributed by atoms with Crippen molar-refractivity contribution >= 4 is 33.8 Å². The Morgan fingerprint density at radius 1 is 1.04 bits per heavy atom. The number of aromatic nitrogens is 1. The highest BCUT2D eigenvalue weighted by Crippen LogP contribution is 2.32. The van der Waals surface area contributed by atoms with Gasteiger partial charge in [-0.25, -0.2) is 4.98 Å². The maximum atomic E-state index is 11.0. The second-order valence-corrected chi connectivity index (χ2v) is 5.98. The molecule has 6 nitrogen and oxygen atoms in total. The molecule has 3 rings (SSSR count). The number of nitrogens with zero attached hydrogens (tertiary/aromatic N) is 1. The average molecular weight is 341 g/mol. The minimum absolute atomic E-state index is 0.113. The summed E-state index contributed by atoms with van der Waals surface area (Å²) < 4.78 is 0. The summed E-state index contributed by atoms with van der Waals surface area (Å²) in [7, 11) is 0. The van der Waals surface area contributed by atoms with E-state index in [1.807, 2.05) is 17.5 Å². The van der Waals surface area contributed by atoms with Crippen LogP contribution in [-0.4, -0.2) is 21.1 Å². The van der Waals surface area contributed by atoms with Gasteiger partial charge in [-0.05, 0) is 42.5 Å². The van der Waals surface area contributed by atoms with Gasteiger partial charge in [0.1, 0.15) is 0 Å². The maximum Gasteiger partial charge on any atom is 0.221 e. The first-order valence-electron chi connectivity index (χ1n) is 7.14. The van der Waals surface area contributed by atoms with Crippen LogP contribution in [0.5, 0.6) is 11.5 Å². The molecule has 4 N–H and O–H groups in total. The topological polar surface area (TPSA) is 94.5 Å². The van der Waals surface area contributed by atoms with Crippen molar-refractivity contribution in [2.24, 2.45) is 0 Å². The molecule has 0 aliphatic carbocycles. The van der Waals surface area contributed by atoms with Gasteiger partial charge < -0.3 is 20.8 Å². The Kier molecular flexibility index (Phi) is 4.35. The van der Waals surface area contributed by atoms with Crippen LogP contribution >= 0.6 is 11.3 Å². The van der Waals surface area contributed by atoms with Crippen molar-refractivity contribution in [3.8, 4) is 22.8 Å². The average Bonchev–Trinajstić information content (AvgIpc) is 3.00. The molecule has 0 fully saturated rings. The number of thiazole rings is 1. The molecule has 0 saturated heterocycles. The van der Waals surface area contributed by atoms with Gasteiger partial charge in [0, 0.05) is 29.2 Å². The molecular weight excluding hydrogens is 326 g/mol. The molecule has 122 valence electrons. The van der Waals surface area contributed by atoms with Crippen molar-refractivity contribution in [1.82, 2.24) is 4.98 Å². The number of carbonyl (C=O) groups excluding carboxylic acids is 1. The fraction of sp³-hybridized carbons (Fsp3) is 0.0588. The van der Waals surface area contributed by atoms with E-state index in [0.717, 1.165) is 16.9 Å². The largest absolute Gasteiger partial charge is 0.504 e. The molecule has 7 heteroatoms. The second kappa shape index (κ2) is 6.59. The summed E-state index contributed by atoms with van der Waals surface area (Å²) in [5.41, 5.74) is 2.99. The predicted octanol–water partition coefficient (Wildman–Crippen LogP) is 3.92. The van der Waals surface area contributed by atoms with Crippen LogP contribution < -0.4 is 10.6 Å². The number of anilines is 3. The van der Waals surface area contributed by atoms with E-state index in [1.54, 1.807) is 18.2 Å². The van der Waals surface area contributed by atoms with E-state index >= 15 is 0 Å². The Morgan fingerprint density at radius 2 is 1.75 bits per heavy atom. The molecule has 0 aliphatic rings. The zero-order chi connectivity index (χ0) is 17.1. The number of phenols is 2. The number of phenolic OH excluding ortho intramolecular Hbond substituents is 2. The molecular formula is C17H15N3O3S. The van der Waals surface area contributed by atoms with Gasteiger partial charge >= 0.3 is 0 Å². The van der Waals surface area contributed by atoms with Gasteiger partial charge in [0.15, 0.2) is 16.6 Å². The molecule has 0 bridgehead atoms. The predicted molar refractivity (Wildman–Crippen MR) is 94.9 cm³/mol. The van der Waals surface area contributed by atoms with Gasteiger partial charge in [-0.3, -0.25) is 4.79 Å². The van der Waals surface area contributed by atoms with E-state index in [1.165, 1.54) is 30.4 Å². The first kappa shape index (κ1) is 15.8. The Bertz CT molecular complexity index is 875. The highest BCUT2D eigenvalue weighted by molar-refractivity contribution is 7.14. The molecule has 1 heterocycles. The van der Waals surface area contributed by atoms with Crippen molar-refractivity contribution in [2.45, 2.75) is 6.92 Å². The van der Waals surface area contributed by atoms with Gasteiger partial charge in [0.25, 0.3) is 0 Å². The summed E-state index contributed by atoms with van der Waals surface area (Å²) in [6.07, 6.45) is 0. The summed E-state index contributed by atoms with van der Waals surface area (Å²) in [4.78, 5) is 15.5. The molecule has 24 heavy (non-hydrogen) atoms. The number of carbonyl (C=O) groups is 1. The highest BCUT2D eigenvalue weighted by Gasteiger charge is 2.08. The fourth-order valence-corrected chi connectivity index (χ4v) is 2.85. The Balaban J connectivity index is 1.73. The first-order chi connectivity index (χ1) is 11.5. The summed E-state index contributed by atoms with van der Waals surface area (Å²) >= 11 is 1.43. The number of hydrogen-bond donors (Lipinski definition) is 4. The summed E-state index contributed by atoms with van der Waals surface area (Å²) in [6, 6.07) is 11.9. The molecule has 0 radical (unpaired) electrons. The molecule has 0 aliphatic heterocycles. The minimum Gasteiger partial charge on any atom is -0.504 e. The van der Waals surface area contributed by atoms with Crippen LogP contribution in [0.1, 0.15) is 6.92 Å². The summed E-state index contributed by atoms with van der Waals surface area (Å²) in [5.74, 6) is -0.451. The van der Waals surface area contributed by atoms with Crippen LogP contribution in [0.15, 0.2) is 47.8 Å². The zero-order valence-corrected chi connectivity index (χ0v) is 13.6. The lowest BCUT2D eigenvalue weighted by Gasteiger charge is -2.05. The van der Waals surface area contributed by atoms with Crippen molar-refractivity contribution in [1.29, 1.82) is 0 Å². The van der Waals surface area contributed by atoms with E-state index < -0.39 is 0 Å². The van der Waals surface area contributed by atoms with Crippen LogP contribution in [0.2, 0.25) is 0 Å². The minimum atomic E-state index is -0.177. The Morgan fingerprint density at radius 3 is 2.42 bits per heavy atom. The third-order valence-corrected chi connectivity index (χ3v) is 3.99. The summed E-state index contributed by atoms with van der Waals surface area (Å²) in [5, 5.41) is 27.4. The third kappa shape index (κ3) is 3.64. The number of hydrogen-bond acceptors (Lipinski definition) is 6. The number of aromatic hydroxyl groups is 2. The van der Waals surface area contributed by atoms with Gasteiger partial charge in [0.05, 0.1) is 5.69 Å². The SMILES string of the molecule is CC(=O)Nc1ccc(Nc2nc(-c3ccc(O)c(O)c3)cs2)cc1. The van der Waals surface area contributed by atoms with Crippen molar-refractivity contribution in [3.63, 3.8) is 0 Å². The maximum absolute atomic E-state index is 11.0. The number of rotatable bonds is 4. The first-order valence-corrected chi connectivity index (χ1v) is 8.02. The summed E-state index contributed by atoms with van der Waals surface area (Å²) in [6.45, 7) is 1.46. The van der Waals surface area contributed by atoms with E-state index in [0.29, 0.717) is 10.8 Å². The third-order valence-electron chi connectivity index (χ3n) is 3.23. The van der Waals surface area contributed by atoms with Crippen LogP contribution in [-0.2, 0) is 4.79 Å². The van der Waals surface area contributed by atoms with E-state index in [9.17, 15) is 15.0 Å². The smallest absolute Gasteiger partial charge is 0.221 e. The molecule has 0 saturated carbocycles. The van der Waals surface area contributed by atoms with Crippen molar-refractivity contribution in [2.75, 3.05) is 10.6 Å². The van der Waals surface area contributed by atoms with Crippen molar-refractivity contribution in [3.05, 3.63) is 47.8 Å². The van der Waals surface area contributed by atoms with Crippen LogP contribution in [0, 0.1) is 0 Å². The quantitative estimate of drug-likeness (QED) is 0.540. The zero-order valence-electron chi connectivity index (χ0n) is 12.8. The highest BCUT2D eigenvalue weighted by atomic mass is 32.1. The molecule has 0 atom stereocenters. The number of amides is 1. The van der Waals surface area contributed by atoms with Crippen LogP contribution in [0.3, 0.4) is 0 Å². The lowest BCUT2D eigenvalue weighted by atomic mass is 10.1. The number of benzene rings is 2. The van der Waals surface area contributed by atoms with Crippen LogP contribution in [0.25, 0.3) is 11.3 Å². The van der Waals surface area contributed by atoms with E-state index in [4.69, 9.17) is 0 Å².